The standard InChI is InChI=1S/C66H111N2O7P/c1-7-10-13-16-19-22-25-28-30-32-33-34-35-37-38-40-43-46-49-52-55-58-65(69)67-63(62-74-76(71,72)73-61-60-68(4,5)6)64(57-54-51-48-45-42-27-24-21-18-15-12-9-3)75-66(70)59-56-53-50-47-44-41-39-36-31-29-26-23-20-17-14-11-8-2/h10,13,19-20,22-23,28-31,33-34,37-39,41,43,46-47,50,54,57,63-64H,7-9,11-12,14-18,21,24-27,32,35-36,40,42,44-45,48-49,51-53,55-56,58-62H2,1-6H3,(H-,67,69,71,72)/p+1/b13-10-,22-19-,23-20-,30-28-,31-29-,34-33-,38-37-,41-39-,46-43-,50-47-,57-54-. The summed E-state index contributed by atoms with van der Waals surface area (Å²) in [5, 5.41) is 3.01. The van der Waals surface area contributed by atoms with Gasteiger partial charge in [0.15, 0.2) is 0 Å². The highest BCUT2D eigenvalue weighted by atomic mass is 31.2. The van der Waals surface area contributed by atoms with Crippen molar-refractivity contribution in [1.82, 2.24) is 5.32 Å². The molecule has 0 aromatic carbocycles. The van der Waals surface area contributed by atoms with Crippen LogP contribution in [0.5, 0.6) is 0 Å². The molecule has 0 heterocycles. The van der Waals surface area contributed by atoms with E-state index in [1.807, 2.05) is 33.3 Å². The van der Waals surface area contributed by atoms with Gasteiger partial charge in [-0.2, -0.15) is 0 Å². The van der Waals surface area contributed by atoms with E-state index < -0.39 is 25.9 Å². The predicted octanol–water partition coefficient (Wildman–Crippen LogP) is 18.5. The number of esters is 1. The summed E-state index contributed by atoms with van der Waals surface area (Å²) >= 11 is 0. The number of phosphoric acid groups is 1. The van der Waals surface area contributed by atoms with Gasteiger partial charge in [0.1, 0.15) is 19.3 Å². The summed E-state index contributed by atoms with van der Waals surface area (Å²) in [5.41, 5.74) is 0. The summed E-state index contributed by atoms with van der Waals surface area (Å²) in [6.07, 6.45) is 77.5. The maximum Gasteiger partial charge on any atom is 0.472 e. The average Bonchev–Trinajstić information content (AvgIpc) is 3.38. The Balaban J connectivity index is 5.48. The lowest BCUT2D eigenvalue weighted by Gasteiger charge is -2.27. The third kappa shape index (κ3) is 54.9. The number of quaternary nitrogens is 1. The largest absolute Gasteiger partial charge is 0.472 e. The van der Waals surface area contributed by atoms with Crippen LogP contribution in [0.2, 0.25) is 0 Å². The van der Waals surface area contributed by atoms with Gasteiger partial charge in [-0.1, -0.05) is 219 Å². The second-order valence-electron chi connectivity index (χ2n) is 20.8. The van der Waals surface area contributed by atoms with Crippen LogP contribution >= 0.6 is 7.82 Å². The molecule has 3 atom stereocenters. The van der Waals surface area contributed by atoms with Gasteiger partial charge in [0, 0.05) is 12.8 Å². The molecule has 0 saturated heterocycles. The van der Waals surface area contributed by atoms with E-state index in [1.54, 1.807) is 0 Å². The van der Waals surface area contributed by atoms with Crippen LogP contribution in [0.4, 0.5) is 0 Å². The van der Waals surface area contributed by atoms with E-state index in [0.717, 1.165) is 96.3 Å². The molecule has 1 amide bonds. The van der Waals surface area contributed by atoms with Crippen molar-refractivity contribution in [3.8, 4) is 0 Å². The van der Waals surface area contributed by atoms with Gasteiger partial charge < -0.3 is 19.4 Å². The summed E-state index contributed by atoms with van der Waals surface area (Å²) in [5.74, 6) is -0.633. The van der Waals surface area contributed by atoms with Crippen LogP contribution in [0.25, 0.3) is 0 Å². The minimum atomic E-state index is -4.48. The number of amides is 1. The number of unbranched alkanes of at least 4 members (excludes halogenated alkanes) is 16. The number of carbonyl (C=O) groups is 2. The number of nitrogens with one attached hydrogen (secondary N) is 1. The van der Waals surface area contributed by atoms with Crippen molar-refractivity contribution in [1.29, 1.82) is 0 Å². The number of rotatable bonds is 52. The number of allylic oxidation sites excluding steroid dienone is 21. The minimum absolute atomic E-state index is 0.0156. The number of hydrogen-bond acceptors (Lipinski definition) is 6. The second kappa shape index (κ2) is 54.5. The molecule has 76 heavy (non-hydrogen) atoms. The van der Waals surface area contributed by atoms with Crippen molar-refractivity contribution in [2.24, 2.45) is 0 Å². The summed E-state index contributed by atoms with van der Waals surface area (Å²) < 4.78 is 30.6. The molecule has 0 spiro atoms. The summed E-state index contributed by atoms with van der Waals surface area (Å²) in [6.45, 7) is 6.77. The Hall–Kier alpha value is -3.85. The minimum Gasteiger partial charge on any atom is -0.456 e. The maximum atomic E-state index is 13.5. The fourth-order valence-electron chi connectivity index (χ4n) is 7.70. The number of hydrogen-bond donors (Lipinski definition) is 2. The first-order valence-corrected chi connectivity index (χ1v) is 31.5. The van der Waals surface area contributed by atoms with E-state index in [-0.39, 0.29) is 32.0 Å². The van der Waals surface area contributed by atoms with Crippen molar-refractivity contribution >= 4 is 19.7 Å². The fourth-order valence-corrected chi connectivity index (χ4v) is 8.43. The Labute approximate surface area is 466 Å². The van der Waals surface area contributed by atoms with E-state index in [0.29, 0.717) is 23.9 Å². The predicted molar refractivity (Wildman–Crippen MR) is 327 cm³/mol. The smallest absolute Gasteiger partial charge is 0.456 e. The molecular formula is C66H112N2O7P+. The Morgan fingerprint density at radius 2 is 0.855 bits per heavy atom. The molecule has 0 aliphatic carbocycles. The quantitative estimate of drug-likeness (QED) is 0.0205. The highest BCUT2D eigenvalue weighted by molar-refractivity contribution is 7.47. The highest BCUT2D eigenvalue weighted by Gasteiger charge is 2.30. The van der Waals surface area contributed by atoms with Gasteiger partial charge in [-0.15, -0.1) is 0 Å². The molecule has 0 aliphatic rings. The lowest BCUT2D eigenvalue weighted by Crippen LogP contribution is -2.47. The van der Waals surface area contributed by atoms with Crippen molar-refractivity contribution in [2.45, 2.75) is 232 Å². The molecule has 3 unspecified atom stereocenters. The molecule has 9 nitrogen and oxygen atoms in total. The van der Waals surface area contributed by atoms with Crippen molar-refractivity contribution in [3.05, 3.63) is 134 Å². The normalized spacial score (nSPS) is 14.7. The monoisotopic (exact) mass is 1080 g/mol. The van der Waals surface area contributed by atoms with E-state index in [1.165, 1.54) is 77.0 Å². The summed E-state index contributed by atoms with van der Waals surface area (Å²) in [7, 11) is 1.42. The van der Waals surface area contributed by atoms with Gasteiger partial charge in [-0.25, -0.2) is 4.57 Å². The number of phosphoric ester groups is 1. The topological polar surface area (TPSA) is 111 Å². The van der Waals surface area contributed by atoms with E-state index >= 15 is 0 Å². The molecule has 432 valence electrons. The molecule has 10 heteroatoms. The Morgan fingerprint density at radius 3 is 1.32 bits per heavy atom. The van der Waals surface area contributed by atoms with E-state index in [4.69, 9.17) is 13.8 Å². The first kappa shape index (κ1) is 72.2. The van der Waals surface area contributed by atoms with Gasteiger partial charge in [0.05, 0.1) is 33.8 Å². The van der Waals surface area contributed by atoms with Gasteiger partial charge in [-0.05, 0) is 122 Å². The van der Waals surface area contributed by atoms with Crippen LogP contribution in [-0.2, 0) is 27.9 Å². The van der Waals surface area contributed by atoms with Gasteiger partial charge in [-0.3, -0.25) is 18.6 Å². The van der Waals surface area contributed by atoms with Gasteiger partial charge in [0.2, 0.25) is 5.91 Å². The highest BCUT2D eigenvalue weighted by Crippen LogP contribution is 2.43. The number of likely N-dealkylation sites (N-methyl/N-ethyl adjacent to an activating group) is 1. The van der Waals surface area contributed by atoms with Crippen LogP contribution in [0.1, 0.15) is 220 Å². The second-order valence-corrected chi connectivity index (χ2v) is 22.2. The van der Waals surface area contributed by atoms with Crippen LogP contribution in [0.15, 0.2) is 134 Å². The molecule has 0 radical (unpaired) electrons. The lowest BCUT2D eigenvalue weighted by molar-refractivity contribution is -0.870. The molecule has 0 bridgehead atoms. The maximum absolute atomic E-state index is 13.5. The SMILES string of the molecule is CC/C=C\C/C=C\C/C=C\C/C=C\C/C=C\C/C=C\CCCCC(=O)NC(COP(=O)(O)OCC[N+](C)(C)C)C(/C=C\CCCCCCCCCCCC)OC(=O)CCC/C=C\C/C=C\C/C=C\C/C=C\CCCCC. The number of carbonyl (C=O) groups excluding carboxylic acids is 2. The van der Waals surface area contributed by atoms with E-state index in [2.05, 4.69) is 148 Å². The van der Waals surface area contributed by atoms with Gasteiger partial charge in [0.25, 0.3) is 0 Å². The zero-order valence-electron chi connectivity index (χ0n) is 49.2. The van der Waals surface area contributed by atoms with Crippen LogP contribution in [-0.4, -0.2) is 74.3 Å². The molecule has 0 aromatic heterocycles. The number of nitrogens with zero attached hydrogens (tertiary/aromatic N) is 1. The van der Waals surface area contributed by atoms with Crippen molar-refractivity contribution in [2.75, 3.05) is 40.9 Å². The molecule has 0 rings (SSSR count). The molecule has 0 aromatic rings. The van der Waals surface area contributed by atoms with Crippen molar-refractivity contribution < 1.29 is 37.3 Å². The van der Waals surface area contributed by atoms with Crippen molar-refractivity contribution in [3.63, 3.8) is 0 Å². The zero-order valence-corrected chi connectivity index (χ0v) is 50.1. The first-order valence-electron chi connectivity index (χ1n) is 30.0. The molecule has 0 fully saturated rings. The molecular weight excluding hydrogens is 964 g/mol. The molecule has 0 saturated carbocycles. The molecule has 2 N–H and O–H groups in total. The Morgan fingerprint density at radius 1 is 0.474 bits per heavy atom. The lowest BCUT2D eigenvalue weighted by atomic mass is 10.1. The molecule has 0 aliphatic heterocycles. The third-order valence-corrected chi connectivity index (χ3v) is 13.3. The fraction of sp³-hybridized carbons (Fsp3) is 0.636. The zero-order chi connectivity index (χ0) is 55.7. The van der Waals surface area contributed by atoms with Crippen LogP contribution < -0.4 is 5.32 Å². The summed E-state index contributed by atoms with van der Waals surface area (Å²) in [4.78, 5) is 37.6. The van der Waals surface area contributed by atoms with Crippen LogP contribution in [0, 0.1) is 0 Å². The Kier molecular flexibility index (Phi) is 51.7. The average molecular weight is 1080 g/mol. The first-order chi connectivity index (χ1) is 36.9. The number of ether oxygens (including phenoxy) is 1. The Bertz CT molecular complexity index is 1760. The van der Waals surface area contributed by atoms with Crippen LogP contribution in [0.3, 0.4) is 0 Å². The van der Waals surface area contributed by atoms with Gasteiger partial charge >= 0.3 is 13.8 Å². The third-order valence-electron chi connectivity index (χ3n) is 12.3. The van der Waals surface area contributed by atoms with E-state index in [9.17, 15) is 19.0 Å². The summed E-state index contributed by atoms with van der Waals surface area (Å²) in [6, 6.07) is -0.903.